The Bertz CT molecular complexity index is 394. The van der Waals surface area contributed by atoms with Gasteiger partial charge in [-0.15, -0.1) is 0 Å². The van der Waals surface area contributed by atoms with Gasteiger partial charge in [-0.2, -0.15) is 0 Å². The largest absolute Gasteiger partial charge is 0.361 e. The Hall–Kier alpha value is -0.970. The van der Waals surface area contributed by atoms with Crippen molar-refractivity contribution in [3.05, 3.63) is 17.0 Å². The van der Waals surface area contributed by atoms with E-state index in [0.29, 0.717) is 19.4 Å². The van der Waals surface area contributed by atoms with Gasteiger partial charge in [0, 0.05) is 31.0 Å². The van der Waals surface area contributed by atoms with Gasteiger partial charge in [-0.3, -0.25) is 0 Å². The zero-order chi connectivity index (χ0) is 13.2. The van der Waals surface area contributed by atoms with Crippen molar-refractivity contribution in [3.8, 4) is 0 Å². The van der Waals surface area contributed by atoms with E-state index in [1.807, 2.05) is 6.92 Å². The van der Waals surface area contributed by atoms with Gasteiger partial charge in [0.2, 0.25) is 5.92 Å². The molecule has 0 atom stereocenters. The highest BCUT2D eigenvalue weighted by Crippen LogP contribution is 2.33. The molecule has 1 fully saturated rings. The Labute approximate surface area is 106 Å². The first-order valence-electron chi connectivity index (χ1n) is 6.57. The Morgan fingerprint density at radius 3 is 2.67 bits per heavy atom. The summed E-state index contributed by atoms with van der Waals surface area (Å²) in [6.45, 7) is 4.57. The summed E-state index contributed by atoms with van der Waals surface area (Å²) in [7, 11) is 0. The van der Waals surface area contributed by atoms with Gasteiger partial charge in [-0.25, -0.2) is 8.78 Å². The van der Waals surface area contributed by atoms with Crippen molar-refractivity contribution in [3.63, 3.8) is 0 Å². The predicted octanol–water partition coefficient (Wildman–Crippen LogP) is 3.21. The van der Waals surface area contributed by atoms with E-state index < -0.39 is 5.92 Å². The molecule has 1 aromatic rings. The van der Waals surface area contributed by atoms with Gasteiger partial charge in [-0.1, -0.05) is 12.1 Å². The van der Waals surface area contributed by atoms with Crippen molar-refractivity contribution in [2.45, 2.75) is 64.5 Å². The molecule has 1 N–H and O–H groups in total. The van der Waals surface area contributed by atoms with Gasteiger partial charge in [0.15, 0.2) is 0 Å². The molecule has 0 saturated heterocycles. The van der Waals surface area contributed by atoms with Crippen LogP contribution in [0.5, 0.6) is 0 Å². The lowest BCUT2D eigenvalue weighted by Gasteiger charge is -2.28. The Morgan fingerprint density at radius 2 is 2.06 bits per heavy atom. The molecule has 0 unspecified atom stereocenters. The topological polar surface area (TPSA) is 38.1 Å². The SMILES string of the molecule is CCc1c(CNC2CCC(F)(F)CC2)noc1C. The molecule has 0 spiro atoms. The third-order valence-corrected chi connectivity index (χ3v) is 3.69. The van der Waals surface area contributed by atoms with Gasteiger partial charge < -0.3 is 9.84 Å². The molecule has 5 heteroatoms. The lowest BCUT2D eigenvalue weighted by atomic mass is 9.92. The van der Waals surface area contributed by atoms with Crippen LogP contribution in [0.1, 0.15) is 49.6 Å². The molecule has 1 aliphatic rings. The maximum absolute atomic E-state index is 13.0. The summed E-state index contributed by atoms with van der Waals surface area (Å²) in [5, 5.41) is 7.32. The second-order valence-corrected chi connectivity index (χ2v) is 5.03. The van der Waals surface area contributed by atoms with Crippen molar-refractivity contribution in [2.75, 3.05) is 0 Å². The second kappa shape index (κ2) is 5.34. The van der Waals surface area contributed by atoms with Crippen molar-refractivity contribution >= 4 is 0 Å². The number of aromatic nitrogens is 1. The van der Waals surface area contributed by atoms with Crippen LogP contribution < -0.4 is 5.32 Å². The van der Waals surface area contributed by atoms with Gasteiger partial charge >= 0.3 is 0 Å². The number of rotatable bonds is 4. The third kappa shape index (κ3) is 3.07. The zero-order valence-corrected chi connectivity index (χ0v) is 10.9. The van der Waals surface area contributed by atoms with E-state index >= 15 is 0 Å². The minimum absolute atomic E-state index is 0.0108. The fraction of sp³-hybridized carbons (Fsp3) is 0.769. The highest BCUT2D eigenvalue weighted by Gasteiger charge is 2.34. The third-order valence-electron chi connectivity index (χ3n) is 3.69. The molecular weight excluding hydrogens is 238 g/mol. The van der Waals surface area contributed by atoms with E-state index in [0.717, 1.165) is 23.4 Å². The van der Waals surface area contributed by atoms with E-state index in [1.165, 1.54) is 0 Å². The van der Waals surface area contributed by atoms with Crippen LogP contribution in [0.25, 0.3) is 0 Å². The summed E-state index contributed by atoms with van der Waals surface area (Å²) in [4.78, 5) is 0. The summed E-state index contributed by atoms with van der Waals surface area (Å²) in [6, 6.07) is 0.173. The lowest BCUT2D eigenvalue weighted by Crippen LogP contribution is -2.36. The minimum Gasteiger partial charge on any atom is -0.361 e. The zero-order valence-electron chi connectivity index (χ0n) is 10.9. The van der Waals surface area contributed by atoms with Crippen LogP contribution in [0, 0.1) is 6.92 Å². The van der Waals surface area contributed by atoms with Crippen molar-refractivity contribution in [2.24, 2.45) is 0 Å². The van der Waals surface area contributed by atoms with Crippen LogP contribution >= 0.6 is 0 Å². The number of alkyl halides is 2. The molecule has 1 aliphatic carbocycles. The molecule has 0 aliphatic heterocycles. The average Bonchev–Trinajstić information content (AvgIpc) is 2.68. The molecule has 102 valence electrons. The fourth-order valence-electron chi connectivity index (χ4n) is 2.51. The minimum atomic E-state index is -2.46. The molecule has 1 saturated carbocycles. The smallest absolute Gasteiger partial charge is 0.248 e. The molecule has 1 aromatic heterocycles. The van der Waals surface area contributed by atoms with Gasteiger partial charge in [0.1, 0.15) is 11.5 Å². The number of hydrogen-bond acceptors (Lipinski definition) is 3. The number of hydrogen-bond donors (Lipinski definition) is 1. The fourth-order valence-corrected chi connectivity index (χ4v) is 2.51. The Morgan fingerprint density at radius 1 is 1.39 bits per heavy atom. The molecule has 1 heterocycles. The molecule has 0 radical (unpaired) electrons. The quantitative estimate of drug-likeness (QED) is 0.901. The predicted molar refractivity (Wildman–Crippen MR) is 64.7 cm³/mol. The van der Waals surface area contributed by atoms with Crippen molar-refractivity contribution < 1.29 is 13.3 Å². The summed E-state index contributed by atoms with van der Waals surface area (Å²) >= 11 is 0. The molecule has 0 bridgehead atoms. The van der Waals surface area contributed by atoms with Gasteiger partial charge in [0.05, 0.1) is 0 Å². The van der Waals surface area contributed by atoms with Gasteiger partial charge in [-0.05, 0) is 26.2 Å². The van der Waals surface area contributed by atoms with Crippen LogP contribution in [0.15, 0.2) is 4.52 Å². The molecule has 18 heavy (non-hydrogen) atoms. The number of nitrogens with zero attached hydrogens (tertiary/aromatic N) is 1. The normalized spacial score (nSPS) is 20.2. The first kappa shape index (κ1) is 13.5. The highest BCUT2D eigenvalue weighted by molar-refractivity contribution is 5.21. The average molecular weight is 258 g/mol. The van der Waals surface area contributed by atoms with Crippen molar-refractivity contribution in [1.29, 1.82) is 0 Å². The number of aryl methyl sites for hydroxylation is 1. The van der Waals surface area contributed by atoms with Gasteiger partial charge in [0.25, 0.3) is 0 Å². The summed E-state index contributed by atoms with van der Waals surface area (Å²) in [6.07, 6.45) is 1.93. The van der Waals surface area contributed by atoms with Crippen LogP contribution in [-0.4, -0.2) is 17.1 Å². The Balaban J connectivity index is 1.85. The van der Waals surface area contributed by atoms with Crippen LogP contribution in [0.2, 0.25) is 0 Å². The maximum atomic E-state index is 13.0. The maximum Gasteiger partial charge on any atom is 0.248 e. The molecule has 2 rings (SSSR count). The number of halogens is 2. The molecule has 0 aromatic carbocycles. The van der Waals surface area contributed by atoms with Crippen molar-refractivity contribution in [1.82, 2.24) is 10.5 Å². The Kier molecular flexibility index (Phi) is 4.00. The summed E-state index contributed by atoms with van der Waals surface area (Å²) in [5.74, 6) is -1.61. The number of nitrogens with one attached hydrogen (secondary N) is 1. The molecular formula is C13H20F2N2O. The van der Waals surface area contributed by atoms with E-state index in [-0.39, 0.29) is 18.9 Å². The molecule has 0 amide bonds. The van der Waals surface area contributed by atoms with Crippen LogP contribution in [-0.2, 0) is 13.0 Å². The van der Waals surface area contributed by atoms with E-state index in [4.69, 9.17) is 4.52 Å². The van der Waals surface area contributed by atoms with E-state index in [9.17, 15) is 8.78 Å². The monoisotopic (exact) mass is 258 g/mol. The summed E-state index contributed by atoms with van der Waals surface area (Å²) < 4.78 is 31.2. The van der Waals surface area contributed by atoms with Crippen LogP contribution in [0.4, 0.5) is 8.78 Å². The highest BCUT2D eigenvalue weighted by atomic mass is 19.3. The first-order valence-corrected chi connectivity index (χ1v) is 6.57. The second-order valence-electron chi connectivity index (χ2n) is 5.03. The van der Waals surface area contributed by atoms with E-state index in [2.05, 4.69) is 17.4 Å². The molecule has 3 nitrogen and oxygen atoms in total. The standard InChI is InChI=1S/C13H20F2N2O/c1-3-11-9(2)18-17-12(11)8-16-10-4-6-13(14,15)7-5-10/h10,16H,3-8H2,1-2H3. The first-order chi connectivity index (χ1) is 8.52. The summed E-state index contributed by atoms with van der Waals surface area (Å²) in [5.41, 5.74) is 2.04. The lowest BCUT2D eigenvalue weighted by molar-refractivity contribution is -0.0405. The van der Waals surface area contributed by atoms with E-state index in [1.54, 1.807) is 0 Å². The van der Waals surface area contributed by atoms with Crippen LogP contribution in [0.3, 0.4) is 0 Å².